The van der Waals surface area contributed by atoms with Gasteiger partial charge in [0.25, 0.3) is 0 Å². The predicted octanol–water partition coefficient (Wildman–Crippen LogP) is -0.0912. The Labute approximate surface area is 123 Å². The van der Waals surface area contributed by atoms with Crippen molar-refractivity contribution in [3.63, 3.8) is 0 Å². The van der Waals surface area contributed by atoms with E-state index >= 15 is 0 Å². The van der Waals surface area contributed by atoms with Gasteiger partial charge in [-0.2, -0.15) is 4.98 Å². The third kappa shape index (κ3) is 3.69. The fraction of sp³-hybridized carbons (Fsp3) is 0.600. The first-order chi connectivity index (χ1) is 10.4. The Hall–Kier alpha value is -2.24. The molecule has 1 aromatic rings. The molecule has 0 unspecified atom stereocenters. The predicted molar refractivity (Wildman–Crippen MR) is 70.6 cm³/mol. The third-order valence-electron chi connectivity index (χ3n) is 2.82. The van der Waals surface area contributed by atoms with Crippen LogP contribution in [0.25, 0.3) is 10.4 Å². The van der Waals surface area contributed by atoms with Crippen molar-refractivity contribution in [1.82, 2.24) is 9.55 Å². The molecular formula is C10H15FN6O5. The van der Waals surface area contributed by atoms with Crippen LogP contribution in [0.2, 0.25) is 0 Å². The van der Waals surface area contributed by atoms with Crippen molar-refractivity contribution in [2.75, 3.05) is 18.8 Å². The molecule has 0 fully saturated rings. The number of hydrogen-bond donors (Lipinski definition) is 4. The second kappa shape index (κ2) is 7.68. The highest BCUT2D eigenvalue weighted by Gasteiger charge is 2.38. The summed E-state index contributed by atoms with van der Waals surface area (Å²) >= 11 is 0. The highest BCUT2D eigenvalue weighted by molar-refractivity contribution is 5.27. The zero-order valence-corrected chi connectivity index (χ0v) is 11.5. The van der Waals surface area contributed by atoms with Crippen molar-refractivity contribution in [2.45, 2.75) is 25.0 Å². The second-order valence-electron chi connectivity index (χ2n) is 4.21. The van der Waals surface area contributed by atoms with E-state index in [4.69, 9.17) is 15.5 Å². The molecule has 1 heterocycles. The molecule has 1 aromatic heterocycles. The van der Waals surface area contributed by atoms with Gasteiger partial charge >= 0.3 is 5.69 Å². The van der Waals surface area contributed by atoms with Crippen molar-refractivity contribution in [2.24, 2.45) is 5.11 Å². The molecule has 3 atom stereocenters. The second-order valence-corrected chi connectivity index (χ2v) is 4.21. The maximum absolute atomic E-state index is 13.2. The van der Waals surface area contributed by atoms with Crippen LogP contribution >= 0.6 is 0 Å². The van der Waals surface area contributed by atoms with Gasteiger partial charge in [0.05, 0.1) is 12.7 Å². The average Bonchev–Trinajstić information content (AvgIpc) is 2.51. The van der Waals surface area contributed by atoms with Crippen LogP contribution < -0.4 is 11.2 Å². The lowest BCUT2D eigenvalue weighted by molar-refractivity contribution is -0.193. The zero-order chi connectivity index (χ0) is 16.8. The molecule has 0 spiro atoms. The number of halogens is 1. The van der Waals surface area contributed by atoms with Crippen LogP contribution in [0, 0.1) is 0 Å². The van der Waals surface area contributed by atoms with E-state index < -0.39 is 37.0 Å². The molecule has 0 aliphatic heterocycles. The zero-order valence-electron chi connectivity index (χ0n) is 11.5. The van der Waals surface area contributed by atoms with Gasteiger partial charge in [0, 0.05) is 11.1 Å². The summed E-state index contributed by atoms with van der Waals surface area (Å²) < 4.78 is 19.0. The summed E-state index contributed by atoms with van der Waals surface area (Å²) in [6, 6.07) is 1.16. The smallest absolute Gasteiger partial charge is 0.351 e. The minimum absolute atomic E-state index is 0.169. The Bertz CT molecular complexity index is 604. The van der Waals surface area contributed by atoms with Gasteiger partial charge < -0.3 is 14.9 Å². The van der Waals surface area contributed by atoms with E-state index in [2.05, 4.69) is 15.0 Å². The van der Waals surface area contributed by atoms with Gasteiger partial charge in [-0.1, -0.05) is 5.11 Å². The lowest BCUT2D eigenvalue weighted by atomic mass is 10.1. The molecule has 1 rings (SSSR count). The summed E-state index contributed by atoms with van der Waals surface area (Å²) in [6.07, 6.45) is -2.03. The standard InChI is InChI=1S/C10H15FN6O5/c1-6(19)10(5-18,15-16-12)22-8(4-11)17-3-2-7(14-21)13-9(17)20/h2-3,6,8,18-19,21H,4-5H2,1H3,(H,13,14,20)/t6-,8-,10-/m1/s1. The lowest BCUT2D eigenvalue weighted by Gasteiger charge is -2.33. The minimum Gasteiger partial charge on any atom is -0.393 e. The number of aromatic nitrogens is 2. The molecule has 0 bridgehead atoms. The molecule has 0 aliphatic rings. The maximum Gasteiger partial charge on any atom is 0.351 e. The van der Waals surface area contributed by atoms with Crippen molar-refractivity contribution in [3.8, 4) is 0 Å². The van der Waals surface area contributed by atoms with E-state index in [9.17, 15) is 19.4 Å². The van der Waals surface area contributed by atoms with Gasteiger partial charge in [-0.25, -0.2) is 9.18 Å². The van der Waals surface area contributed by atoms with E-state index in [1.165, 1.54) is 6.92 Å². The van der Waals surface area contributed by atoms with E-state index in [0.717, 1.165) is 12.3 Å². The number of nitrogens with zero attached hydrogens (tertiary/aromatic N) is 5. The highest BCUT2D eigenvalue weighted by atomic mass is 19.1. The summed E-state index contributed by atoms with van der Waals surface area (Å²) in [6.45, 7) is -1.01. The molecule has 22 heavy (non-hydrogen) atoms. The fourth-order valence-corrected chi connectivity index (χ4v) is 1.57. The Morgan fingerprint density at radius 1 is 1.73 bits per heavy atom. The lowest BCUT2D eigenvalue weighted by Crippen LogP contribution is -2.48. The Balaban J connectivity index is 3.20. The summed E-state index contributed by atoms with van der Waals surface area (Å²) in [5.74, 6) is -0.169. The Morgan fingerprint density at radius 2 is 2.41 bits per heavy atom. The quantitative estimate of drug-likeness (QED) is 0.225. The topological polar surface area (TPSA) is 166 Å². The molecule has 0 aliphatic carbocycles. The summed E-state index contributed by atoms with van der Waals surface area (Å²) in [5.41, 5.74) is 7.01. The fourth-order valence-electron chi connectivity index (χ4n) is 1.57. The molecule has 0 saturated heterocycles. The summed E-state index contributed by atoms with van der Waals surface area (Å²) in [5, 5.41) is 30.7. The number of rotatable bonds is 8. The number of hydrogen-bond acceptors (Lipinski definition) is 8. The summed E-state index contributed by atoms with van der Waals surface area (Å²) in [7, 11) is 0. The van der Waals surface area contributed by atoms with E-state index in [1.807, 2.05) is 0 Å². The Kier molecular flexibility index (Phi) is 6.22. The van der Waals surface area contributed by atoms with Gasteiger partial charge in [0.15, 0.2) is 17.8 Å². The number of aliphatic hydroxyl groups excluding tert-OH is 2. The first kappa shape index (κ1) is 17.8. The number of nitrogens with one attached hydrogen (secondary N) is 1. The van der Waals surface area contributed by atoms with Gasteiger partial charge in [-0.05, 0) is 18.5 Å². The van der Waals surface area contributed by atoms with Gasteiger partial charge in [0.1, 0.15) is 6.67 Å². The monoisotopic (exact) mass is 318 g/mol. The van der Waals surface area contributed by atoms with Crippen LogP contribution in [0.4, 0.5) is 10.2 Å². The largest absolute Gasteiger partial charge is 0.393 e. The molecule has 11 nitrogen and oxygen atoms in total. The van der Waals surface area contributed by atoms with Gasteiger partial charge in [-0.3, -0.25) is 15.3 Å². The molecule has 122 valence electrons. The van der Waals surface area contributed by atoms with Crippen molar-refractivity contribution >= 4 is 5.82 Å². The first-order valence-corrected chi connectivity index (χ1v) is 6.02. The summed E-state index contributed by atoms with van der Waals surface area (Å²) in [4.78, 5) is 17.5. The van der Waals surface area contributed by atoms with Gasteiger partial charge in [-0.15, -0.1) is 0 Å². The number of azide groups is 1. The maximum atomic E-state index is 13.2. The average molecular weight is 318 g/mol. The Morgan fingerprint density at radius 3 is 2.82 bits per heavy atom. The number of aliphatic hydroxyl groups is 2. The molecule has 0 radical (unpaired) electrons. The SMILES string of the molecule is C[C@@H](O)[C@](CO)(N=[N+]=[N-])O[C@H](CF)n1ccc(NO)nc1=O. The first-order valence-electron chi connectivity index (χ1n) is 6.02. The highest BCUT2D eigenvalue weighted by Crippen LogP contribution is 2.25. The molecule has 12 heteroatoms. The third-order valence-corrected chi connectivity index (χ3v) is 2.82. The number of alkyl halides is 1. The molecule has 0 amide bonds. The van der Waals surface area contributed by atoms with Crippen LogP contribution in [0.15, 0.2) is 22.2 Å². The van der Waals surface area contributed by atoms with Crippen LogP contribution in [0.1, 0.15) is 13.2 Å². The molecule has 0 saturated carbocycles. The minimum atomic E-state index is -2.17. The van der Waals surface area contributed by atoms with Crippen LogP contribution in [0.5, 0.6) is 0 Å². The molecular weight excluding hydrogens is 303 g/mol. The van der Waals surface area contributed by atoms with Crippen molar-refractivity contribution < 1.29 is 24.5 Å². The normalized spacial score (nSPS) is 16.2. The molecule has 4 N–H and O–H groups in total. The van der Waals surface area contributed by atoms with Crippen LogP contribution in [-0.4, -0.2) is 50.1 Å². The number of ether oxygens (including phenoxy) is 1. The van der Waals surface area contributed by atoms with Gasteiger partial charge in [0.2, 0.25) is 0 Å². The van der Waals surface area contributed by atoms with E-state index in [-0.39, 0.29) is 5.82 Å². The van der Waals surface area contributed by atoms with Crippen LogP contribution in [0.3, 0.4) is 0 Å². The molecule has 0 aromatic carbocycles. The van der Waals surface area contributed by atoms with Crippen molar-refractivity contribution in [3.05, 3.63) is 33.2 Å². The van der Waals surface area contributed by atoms with E-state index in [1.54, 1.807) is 5.48 Å². The van der Waals surface area contributed by atoms with Crippen molar-refractivity contribution in [1.29, 1.82) is 0 Å². The van der Waals surface area contributed by atoms with E-state index in [0.29, 0.717) is 4.57 Å². The number of anilines is 1. The van der Waals surface area contributed by atoms with Crippen LogP contribution in [-0.2, 0) is 4.74 Å².